The zero-order valence-electron chi connectivity index (χ0n) is 15.3. The molecule has 0 bridgehead atoms. The Bertz CT molecular complexity index is 995. The summed E-state index contributed by atoms with van der Waals surface area (Å²) in [4.78, 5) is 0. The van der Waals surface area contributed by atoms with E-state index in [0.29, 0.717) is 13.2 Å². The Hall–Kier alpha value is -2.96. The van der Waals surface area contributed by atoms with Crippen LogP contribution in [0.1, 0.15) is 0 Å². The number of ether oxygens (including phenoxy) is 4. The summed E-state index contributed by atoms with van der Waals surface area (Å²) in [6, 6.07) is 19.6. The summed E-state index contributed by atoms with van der Waals surface area (Å²) in [5.74, 6) is 1.67. The summed E-state index contributed by atoms with van der Waals surface area (Å²) in [6.07, 6.45) is 0.508. The van der Waals surface area contributed by atoms with Gasteiger partial charge in [-0.15, -0.1) is 0 Å². The third kappa shape index (κ3) is 4.47. The molecule has 2 aliphatic rings. The molecule has 0 amide bonds. The van der Waals surface area contributed by atoms with E-state index in [-0.39, 0.29) is 12.2 Å². The summed E-state index contributed by atoms with van der Waals surface area (Å²) in [7, 11) is 0. The second kappa shape index (κ2) is 7.58. The lowest BCUT2D eigenvalue weighted by Gasteiger charge is -2.06. The van der Waals surface area contributed by atoms with E-state index in [1.54, 1.807) is 0 Å². The summed E-state index contributed by atoms with van der Waals surface area (Å²) in [6.45, 7) is 2.80. The van der Waals surface area contributed by atoms with Crippen molar-refractivity contribution in [3.05, 3.63) is 60.7 Å². The Morgan fingerprint density at radius 1 is 0.679 bits per heavy atom. The Labute approximate surface area is 162 Å². The molecule has 0 aromatic heterocycles. The largest absolute Gasteiger partial charge is 0.491 e. The number of rotatable bonds is 8. The maximum absolute atomic E-state index is 5.73. The van der Waals surface area contributed by atoms with Gasteiger partial charge in [0.2, 0.25) is 0 Å². The first-order valence-corrected chi connectivity index (χ1v) is 9.36. The van der Waals surface area contributed by atoms with Crippen molar-refractivity contribution < 1.29 is 18.9 Å². The molecule has 3 aromatic carbocycles. The molecule has 28 heavy (non-hydrogen) atoms. The van der Waals surface area contributed by atoms with E-state index in [1.165, 1.54) is 0 Å². The van der Waals surface area contributed by atoms with E-state index in [2.05, 4.69) is 10.2 Å². The van der Waals surface area contributed by atoms with Crippen molar-refractivity contribution in [3.8, 4) is 11.5 Å². The fourth-order valence-electron chi connectivity index (χ4n) is 2.79. The first-order chi connectivity index (χ1) is 13.8. The van der Waals surface area contributed by atoms with Gasteiger partial charge in [0.05, 0.1) is 24.6 Å². The molecule has 0 radical (unpaired) electrons. The molecule has 2 fully saturated rings. The SMILES string of the molecule is c1cc(OCC2CO2)ccc1/N=N/c1ccc2cc(OCC3CO3)ccc2c1. The highest BCUT2D eigenvalue weighted by atomic mass is 16.6. The second-order valence-corrected chi connectivity index (χ2v) is 6.92. The standard InChI is InChI=1S/C22H20N2O4/c1-3-18(9-15-2-6-20(10-16(1)15)26-12-22-14-28-22)24-23-17-4-7-19(8-5-17)25-11-21-13-27-21/h1-10,21-22H,11-14H2/b24-23+. The number of hydrogen-bond donors (Lipinski definition) is 0. The molecule has 6 heteroatoms. The number of benzene rings is 3. The third-order valence-electron chi connectivity index (χ3n) is 4.59. The van der Waals surface area contributed by atoms with Gasteiger partial charge in [-0.25, -0.2) is 0 Å². The van der Waals surface area contributed by atoms with Gasteiger partial charge in [-0.2, -0.15) is 10.2 Å². The monoisotopic (exact) mass is 376 g/mol. The van der Waals surface area contributed by atoms with Crippen LogP contribution < -0.4 is 9.47 Å². The number of epoxide rings is 2. The van der Waals surface area contributed by atoms with Crippen molar-refractivity contribution in [2.24, 2.45) is 10.2 Å². The minimum absolute atomic E-state index is 0.252. The quantitative estimate of drug-likeness (QED) is 0.418. The summed E-state index contributed by atoms with van der Waals surface area (Å²) in [5.41, 5.74) is 1.58. The molecule has 2 saturated heterocycles. The van der Waals surface area contributed by atoms with Crippen molar-refractivity contribution in [1.29, 1.82) is 0 Å². The van der Waals surface area contributed by atoms with Crippen LogP contribution in [0.15, 0.2) is 70.9 Å². The van der Waals surface area contributed by atoms with Crippen LogP contribution >= 0.6 is 0 Å². The average Bonchev–Trinajstić information content (AvgIpc) is 3.64. The van der Waals surface area contributed by atoms with Crippen molar-refractivity contribution in [1.82, 2.24) is 0 Å². The highest BCUT2D eigenvalue weighted by Gasteiger charge is 2.23. The predicted octanol–water partition coefficient (Wildman–Crippen LogP) is 4.81. The van der Waals surface area contributed by atoms with Crippen molar-refractivity contribution in [2.45, 2.75) is 12.2 Å². The normalized spacial score (nSPS) is 20.4. The Kier molecular flexibility index (Phi) is 4.64. The lowest BCUT2D eigenvalue weighted by Crippen LogP contribution is -2.03. The lowest BCUT2D eigenvalue weighted by atomic mass is 10.1. The third-order valence-corrected chi connectivity index (χ3v) is 4.59. The zero-order chi connectivity index (χ0) is 18.8. The van der Waals surface area contributed by atoms with Crippen LogP contribution in [0.2, 0.25) is 0 Å². The molecule has 142 valence electrons. The van der Waals surface area contributed by atoms with Crippen LogP contribution in [-0.4, -0.2) is 38.6 Å². The highest BCUT2D eigenvalue weighted by molar-refractivity contribution is 5.86. The van der Waals surface area contributed by atoms with Crippen LogP contribution in [0.3, 0.4) is 0 Å². The molecule has 5 rings (SSSR count). The van der Waals surface area contributed by atoms with E-state index in [4.69, 9.17) is 18.9 Å². The molecular formula is C22H20N2O4. The van der Waals surface area contributed by atoms with Gasteiger partial charge < -0.3 is 18.9 Å². The van der Waals surface area contributed by atoms with Crippen molar-refractivity contribution in [3.63, 3.8) is 0 Å². The van der Waals surface area contributed by atoms with Gasteiger partial charge >= 0.3 is 0 Å². The minimum atomic E-state index is 0.252. The highest BCUT2D eigenvalue weighted by Crippen LogP contribution is 2.27. The molecule has 6 nitrogen and oxygen atoms in total. The fourth-order valence-corrected chi connectivity index (χ4v) is 2.79. The van der Waals surface area contributed by atoms with E-state index in [1.807, 2.05) is 60.7 Å². The van der Waals surface area contributed by atoms with Gasteiger partial charge in [0, 0.05) is 0 Å². The first-order valence-electron chi connectivity index (χ1n) is 9.36. The van der Waals surface area contributed by atoms with E-state index in [9.17, 15) is 0 Å². The Morgan fingerprint density at radius 3 is 1.93 bits per heavy atom. The van der Waals surface area contributed by atoms with Gasteiger partial charge in [-0.05, 0) is 59.3 Å². The minimum Gasteiger partial charge on any atom is -0.491 e. The first kappa shape index (κ1) is 17.2. The summed E-state index contributed by atoms with van der Waals surface area (Å²) >= 11 is 0. The van der Waals surface area contributed by atoms with Crippen LogP contribution in [0.5, 0.6) is 11.5 Å². The van der Waals surface area contributed by atoms with Crippen LogP contribution in [0.4, 0.5) is 11.4 Å². The molecule has 2 heterocycles. The maximum Gasteiger partial charge on any atom is 0.120 e. The molecule has 0 spiro atoms. The lowest BCUT2D eigenvalue weighted by molar-refractivity contribution is 0.263. The van der Waals surface area contributed by atoms with Crippen LogP contribution in [-0.2, 0) is 9.47 Å². The average molecular weight is 376 g/mol. The molecule has 2 aliphatic heterocycles. The van der Waals surface area contributed by atoms with E-state index < -0.39 is 0 Å². The van der Waals surface area contributed by atoms with Crippen molar-refractivity contribution in [2.75, 3.05) is 26.4 Å². The van der Waals surface area contributed by atoms with E-state index in [0.717, 1.165) is 46.9 Å². The number of fused-ring (bicyclic) bond motifs is 1. The Morgan fingerprint density at radius 2 is 1.21 bits per heavy atom. The topological polar surface area (TPSA) is 68.2 Å². The number of hydrogen-bond acceptors (Lipinski definition) is 6. The summed E-state index contributed by atoms with van der Waals surface area (Å²) < 4.78 is 21.7. The molecule has 2 atom stereocenters. The van der Waals surface area contributed by atoms with Gasteiger partial charge in [0.1, 0.15) is 36.9 Å². The van der Waals surface area contributed by atoms with Crippen LogP contribution in [0, 0.1) is 0 Å². The van der Waals surface area contributed by atoms with E-state index >= 15 is 0 Å². The molecule has 2 unspecified atom stereocenters. The molecular weight excluding hydrogens is 356 g/mol. The number of nitrogens with zero attached hydrogens (tertiary/aromatic N) is 2. The number of azo groups is 1. The summed E-state index contributed by atoms with van der Waals surface area (Å²) in [5, 5.41) is 10.9. The molecule has 0 aliphatic carbocycles. The molecule has 3 aromatic rings. The van der Waals surface area contributed by atoms with Crippen LogP contribution in [0.25, 0.3) is 10.8 Å². The zero-order valence-corrected chi connectivity index (χ0v) is 15.3. The second-order valence-electron chi connectivity index (χ2n) is 6.92. The predicted molar refractivity (Wildman–Crippen MR) is 105 cm³/mol. The molecule has 0 saturated carbocycles. The van der Waals surface area contributed by atoms with Gasteiger partial charge in [0.15, 0.2) is 0 Å². The maximum atomic E-state index is 5.73. The fraction of sp³-hybridized carbons (Fsp3) is 0.273. The smallest absolute Gasteiger partial charge is 0.120 e. The van der Waals surface area contributed by atoms with Gasteiger partial charge in [0.25, 0.3) is 0 Å². The molecule has 0 N–H and O–H groups in total. The van der Waals surface area contributed by atoms with Gasteiger partial charge in [-0.1, -0.05) is 12.1 Å². The Balaban J connectivity index is 1.23. The van der Waals surface area contributed by atoms with Gasteiger partial charge in [-0.3, -0.25) is 0 Å². The van der Waals surface area contributed by atoms with Crippen molar-refractivity contribution >= 4 is 22.1 Å².